The third-order valence-electron chi connectivity index (χ3n) is 5.42. The molecule has 31 heavy (non-hydrogen) atoms. The zero-order valence-corrected chi connectivity index (χ0v) is 19.3. The van der Waals surface area contributed by atoms with Crippen LogP contribution in [-0.2, 0) is 10.0 Å². The lowest BCUT2D eigenvalue weighted by molar-refractivity contribution is 0.0940. The normalized spacial score (nSPS) is 12.3. The number of rotatable bonds is 6. The van der Waals surface area contributed by atoms with E-state index in [9.17, 15) is 13.2 Å². The second kappa shape index (κ2) is 8.94. The predicted molar refractivity (Wildman–Crippen MR) is 125 cm³/mol. The highest BCUT2D eigenvalue weighted by Gasteiger charge is 2.21. The van der Waals surface area contributed by atoms with Crippen LogP contribution < -0.4 is 9.62 Å². The topological polar surface area (TPSA) is 66.5 Å². The number of carbonyl (C=O) groups excluding carboxylic acids is 1. The van der Waals surface area contributed by atoms with Crippen molar-refractivity contribution in [3.63, 3.8) is 0 Å². The summed E-state index contributed by atoms with van der Waals surface area (Å²) < 4.78 is 27.0. The number of sulfonamides is 1. The second-order valence-electron chi connectivity index (χ2n) is 7.89. The van der Waals surface area contributed by atoms with E-state index in [1.807, 2.05) is 39.8 Å². The molecule has 0 heterocycles. The lowest BCUT2D eigenvalue weighted by Crippen LogP contribution is -2.28. The molecule has 0 aliphatic carbocycles. The number of amides is 1. The Kier molecular flexibility index (Phi) is 6.51. The first-order valence-corrected chi connectivity index (χ1v) is 11.6. The molecule has 0 saturated heterocycles. The average Bonchev–Trinajstić information content (AvgIpc) is 2.75. The Morgan fingerprint density at radius 1 is 0.871 bits per heavy atom. The van der Waals surface area contributed by atoms with Crippen molar-refractivity contribution in [2.45, 2.75) is 38.6 Å². The standard InChI is InChI=1S/C25H28N2O3S/c1-17-7-14-23(15-8-17)31(29,30)27(5)22-12-10-21(11-13-22)25(28)26-20(4)24-16-18(2)6-9-19(24)3/h6-16,20H,1-5H3,(H,26,28)/t20-/m0/s1. The molecule has 1 atom stereocenters. The molecule has 5 nitrogen and oxygen atoms in total. The van der Waals surface area contributed by atoms with Gasteiger partial charge < -0.3 is 5.32 Å². The van der Waals surface area contributed by atoms with E-state index in [1.54, 1.807) is 48.5 Å². The minimum atomic E-state index is -3.67. The number of benzene rings is 3. The fourth-order valence-corrected chi connectivity index (χ4v) is 4.61. The van der Waals surface area contributed by atoms with E-state index in [0.29, 0.717) is 11.3 Å². The van der Waals surface area contributed by atoms with Crippen molar-refractivity contribution in [1.82, 2.24) is 5.32 Å². The summed E-state index contributed by atoms with van der Waals surface area (Å²) in [7, 11) is -2.17. The average molecular weight is 437 g/mol. The smallest absolute Gasteiger partial charge is 0.264 e. The maximum atomic E-state index is 12.9. The molecule has 0 fully saturated rings. The lowest BCUT2D eigenvalue weighted by Gasteiger charge is -2.20. The highest BCUT2D eigenvalue weighted by atomic mass is 32.2. The van der Waals surface area contributed by atoms with Gasteiger partial charge in [-0.3, -0.25) is 9.10 Å². The van der Waals surface area contributed by atoms with Crippen molar-refractivity contribution < 1.29 is 13.2 Å². The van der Waals surface area contributed by atoms with Crippen LogP contribution in [-0.4, -0.2) is 21.4 Å². The van der Waals surface area contributed by atoms with E-state index < -0.39 is 10.0 Å². The summed E-state index contributed by atoms with van der Waals surface area (Å²) in [4.78, 5) is 12.9. The van der Waals surface area contributed by atoms with Gasteiger partial charge in [0.1, 0.15) is 0 Å². The molecule has 0 bridgehead atoms. The first kappa shape index (κ1) is 22.6. The Hall–Kier alpha value is -3.12. The Bertz CT molecular complexity index is 1180. The maximum Gasteiger partial charge on any atom is 0.264 e. The summed E-state index contributed by atoms with van der Waals surface area (Å²) in [5.74, 6) is -0.205. The van der Waals surface area contributed by atoms with Crippen LogP contribution >= 0.6 is 0 Å². The van der Waals surface area contributed by atoms with Crippen LogP contribution in [0.2, 0.25) is 0 Å². The van der Waals surface area contributed by atoms with Crippen LogP contribution in [0, 0.1) is 20.8 Å². The number of hydrogen-bond acceptors (Lipinski definition) is 3. The van der Waals surface area contributed by atoms with Gasteiger partial charge in [0.05, 0.1) is 16.6 Å². The van der Waals surface area contributed by atoms with Gasteiger partial charge in [-0.2, -0.15) is 0 Å². The van der Waals surface area contributed by atoms with Gasteiger partial charge >= 0.3 is 0 Å². The summed E-state index contributed by atoms with van der Waals surface area (Å²) in [5, 5.41) is 3.02. The molecule has 1 amide bonds. The molecular weight excluding hydrogens is 408 g/mol. The Balaban J connectivity index is 1.75. The van der Waals surface area contributed by atoms with Gasteiger partial charge in [0.2, 0.25) is 0 Å². The van der Waals surface area contributed by atoms with E-state index in [-0.39, 0.29) is 16.8 Å². The zero-order valence-electron chi connectivity index (χ0n) is 18.5. The quantitative estimate of drug-likeness (QED) is 0.596. The van der Waals surface area contributed by atoms with E-state index in [4.69, 9.17) is 0 Å². The molecule has 6 heteroatoms. The fourth-order valence-electron chi connectivity index (χ4n) is 3.41. The summed E-state index contributed by atoms with van der Waals surface area (Å²) >= 11 is 0. The van der Waals surface area contributed by atoms with Gasteiger partial charge in [0.15, 0.2) is 0 Å². The first-order chi connectivity index (χ1) is 14.6. The van der Waals surface area contributed by atoms with Crippen LogP contribution in [0.25, 0.3) is 0 Å². The maximum absolute atomic E-state index is 12.9. The highest BCUT2D eigenvalue weighted by Crippen LogP contribution is 2.23. The minimum Gasteiger partial charge on any atom is -0.346 e. The van der Waals surface area contributed by atoms with Gasteiger partial charge in [0.25, 0.3) is 15.9 Å². The molecule has 162 valence electrons. The van der Waals surface area contributed by atoms with E-state index in [2.05, 4.69) is 11.4 Å². The molecule has 0 spiro atoms. The summed E-state index contributed by atoms with van der Waals surface area (Å²) in [6.07, 6.45) is 0. The molecule has 1 N–H and O–H groups in total. The molecule has 0 aromatic heterocycles. The molecule has 0 unspecified atom stereocenters. The van der Waals surface area contributed by atoms with Gasteiger partial charge in [-0.25, -0.2) is 8.42 Å². The number of aryl methyl sites for hydroxylation is 3. The van der Waals surface area contributed by atoms with E-state index in [0.717, 1.165) is 22.3 Å². The molecule has 0 aliphatic heterocycles. The van der Waals surface area contributed by atoms with E-state index in [1.165, 1.54) is 11.4 Å². The number of nitrogens with zero attached hydrogens (tertiary/aromatic N) is 1. The van der Waals surface area contributed by atoms with Crippen LogP contribution in [0.5, 0.6) is 0 Å². The molecule has 0 saturated carbocycles. The monoisotopic (exact) mass is 436 g/mol. The molecular formula is C25H28N2O3S. The van der Waals surface area contributed by atoms with Gasteiger partial charge in [-0.15, -0.1) is 0 Å². The second-order valence-corrected chi connectivity index (χ2v) is 9.86. The Labute approximate surface area is 184 Å². The summed E-state index contributed by atoms with van der Waals surface area (Å²) in [5.41, 5.74) is 5.29. The molecule has 3 aromatic rings. The first-order valence-electron chi connectivity index (χ1n) is 10.1. The summed E-state index contributed by atoms with van der Waals surface area (Å²) in [6.45, 7) is 7.91. The third-order valence-corrected chi connectivity index (χ3v) is 7.22. The van der Waals surface area contributed by atoms with Gasteiger partial charge in [-0.1, -0.05) is 41.5 Å². The number of carbonyl (C=O) groups is 1. The molecule has 3 aromatic carbocycles. The highest BCUT2D eigenvalue weighted by molar-refractivity contribution is 7.92. The van der Waals surface area contributed by atoms with Crippen LogP contribution in [0.15, 0.2) is 71.6 Å². The van der Waals surface area contributed by atoms with Crippen molar-refractivity contribution in [1.29, 1.82) is 0 Å². The van der Waals surface area contributed by atoms with Crippen molar-refractivity contribution in [2.24, 2.45) is 0 Å². The predicted octanol–water partition coefficient (Wildman–Crippen LogP) is 4.93. The van der Waals surface area contributed by atoms with Gasteiger partial charge in [0, 0.05) is 12.6 Å². The SMILES string of the molecule is Cc1ccc(S(=O)(=O)N(C)c2ccc(C(=O)N[C@@H](C)c3cc(C)ccc3C)cc2)cc1. The third kappa shape index (κ3) is 4.97. The van der Waals surface area contributed by atoms with Crippen molar-refractivity contribution in [3.05, 3.63) is 94.5 Å². The fraction of sp³-hybridized carbons (Fsp3) is 0.240. The van der Waals surface area contributed by atoms with Crippen LogP contribution in [0.1, 0.15) is 45.6 Å². The number of nitrogens with one attached hydrogen (secondary N) is 1. The van der Waals surface area contributed by atoms with Crippen molar-refractivity contribution in [2.75, 3.05) is 11.4 Å². The molecule has 0 aliphatic rings. The van der Waals surface area contributed by atoms with E-state index >= 15 is 0 Å². The number of anilines is 1. The molecule has 3 rings (SSSR count). The van der Waals surface area contributed by atoms with Gasteiger partial charge in [-0.05, 0) is 75.2 Å². The molecule has 0 radical (unpaired) electrons. The zero-order chi connectivity index (χ0) is 22.8. The Morgan fingerprint density at radius 2 is 1.45 bits per heavy atom. The van der Waals surface area contributed by atoms with Crippen molar-refractivity contribution >= 4 is 21.6 Å². The van der Waals surface area contributed by atoms with Crippen molar-refractivity contribution in [3.8, 4) is 0 Å². The minimum absolute atomic E-state index is 0.142. The number of hydrogen-bond donors (Lipinski definition) is 1. The summed E-state index contributed by atoms with van der Waals surface area (Å²) in [6, 6.07) is 19.3. The van der Waals surface area contributed by atoms with Crippen LogP contribution in [0.4, 0.5) is 5.69 Å². The lowest BCUT2D eigenvalue weighted by atomic mass is 9.99. The van der Waals surface area contributed by atoms with Crippen LogP contribution in [0.3, 0.4) is 0 Å². The Morgan fingerprint density at radius 3 is 2.06 bits per heavy atom. The largest absolute Gasteiger partial charge is 0.346 e.